The number of aryl methyl sites for hydroxylation is 2. The van der Waals surface area contributed by atoms with Crippen LogP contribution in [0.3, 0.4) is 0 Å². The molecule has 19 heavy (non-hydrogen) atoms. The Hall–Kier alpha value is -2.04. The molecule has 5 heteroatoms. The third-order valence-corrected chi connectivity index (χ3v) is 3.50. The van der Waals surface area contributed by atoms with Crippen LogP contribution >= 0.6 is 0 Å². The van der Waals surface area contributed by atoms with E-state index in [4.69, 9.17) is 4.42 Å². The van der Waals surface area contributed by atoms with E-state index in [2.05, 4.69) is 14.9 Å². The van der Waals surface area contributed by atoms with Crippen molar-refractivity contribution in [2.75, 3.05) is 0 Å². The molecule has 0 radical (unpaired) electrons. The number of carbonyl (C=O) groups is 1. The summed E-state index contributed by atoms with van der Waals surface area (Å²) in [6.07, 6.45) is 6.38. The maximum Gasteiger partial charge on any atom is 0.287 e. The molecule has 0 fully saturated rings. The summed E-state index contributed by atoms with van der Waals surface area (Å²) in [7, 11) is 0. The van der Waals surface area contributed by atoms with Crippen molar-refractivity contribution in [2.24, 2.45) is 0 Å². The molecule has 1 aliphatic rings. The molecule has 5 nitrogen and oxygen atoms in total. The monoisotopic (exact) mass is 259 g/mol. The van der Waals surface area contributed by atoms with Gasteiger partial charge in [0.2, 0.25) is 0 Å². The van der Waals surface area contributed by atoms with Crippen LogP contribution in [0.5, 0.6) is 0 Å². The van der Waals surface area contributed by atoms with Gasteiger partial charge in [0.1, 0.15) is 11.6 Å². The average Bonchev–Trinajstić information content (AvgIpc) is 3.06. The van der Waals surface area contributed by atoms with E-state index in [1.165, 1.54) is 0 Å². The quantitative estimate of drug-likeness (QED) is 0.914. The number of hydrogen-bond donors (Lipinski definition) is 1. The summed E-state index contributed by atoms with van der Waals surface area (Å²) in [5, 5.41) is 3.02. The highest BCUT2D eigenvalue weighted by Gasteiger charge is 2.21. The highest BCUT2D eigenvalue weighted by atomic mass is 16.3. The van der Waals surface area contributed by atoms with Gasteiger partial charge in [-0.05, 0) is 18.6 Å². The number of nitrogens with one attached hydrogen (secondary N) is 1. The second-order valence-corrected chi connectivity index (χ2v) is 4.82. The van der Waals surface area contributed by atoms with Crippen LogP contribution < -0.4 is 5.32 Å². The first-order chi connectivity index (χ1) is 9.26. The minimum atomic E-state index is -0.131. The molecule has 1 amide bonds. The van der Waals surface area contributed by atoms with Crippen LogP contribution in [0.1, 0.15) is 35.5 Å². The van der Waals surface area contributed by atoms with Crippen molar-refractivity contribution in [3.8, 4) is 0 Å². The second kappa shape index (κ2) is 4.91. The first-order valence-electron chi connectivity index (χ1n) is 6.66. The van der Waals surface area contributed by atoms with Gasteiger partial charge in [-0.15, -0.1) is 0 Å². The lowest BCUT2D eigenvalue weighted by Crippen LogP contribution is -2.40. The second-order valence-electron chi connectivity index (χ2n) is 4.82. The molecular weight excluding hydrogens is 242 g/mol. The Morgan fingerprint density at radius 3 is 3.26 bits per heavy atom. The van der Waals surface area contributed by atoms with Crippen LogP contribution in [0, 0.1) is 0 Å². The van der Waals surface area contributed by atoms with Gasteiger partial charge in [-0.2, -0.15) is 0 Å². The molecule has 1 aliphatic heterocycles. The third-order valence-electron chi connectivity index (χ3n) is 3.50. The van der Waals surface area contributed by atoms with Gasteiger partial charge in [0.25, 0.3) is 5.91 Å². The number of rotatable bonds is 3. The molecule has 100 valence electrons. The summed E-state index contributed by atoms with van der Waals surface area (Å²) < 4.78 is 7.55. The summed E-state index contributed by atoms with van der Waals surface area (Å²) in [5.41, 5.74) is 0. The van der Waals surface area contributed by atoms with Gasteiger partial charge in [-0.3, -0.25) is 4.79 Å². The van der Waals surface area contributed by atoms with Gasteiger partial charge in [-0.25, -0.2) is 4.98 Å². The number of hydrogen-bond acceptors (Lipinski definition) is 3. The Balaban J connectivity index is 1.64. The molecule has 3 rings (SSSR count). The van der Waals surface area contributed by atoms with Crippen molar-refractivity contribution < 1.29 is 9.21 Å². The van der Waals surface area contributed by atoms with Crippen molar-refractivity contribution in [3.05, 3.63) is 41.9 Å². The van der Waals surface area contributed by atoms with E-state index in [9.17, 15) is 4.79 Å². The molecule has 0 saturated heterocycles. The van der Waals surface area contributed by atoms with Gasteiger partial charge in [0.15, 0.2) is 5.76 Å². The first-order valence-corrected chi connectivity index (χ1v) is 6.66. The maximum atomic E-state index is 12.1. The Morgan fingerprint density at radius 2 is 2.47 bits per heavy atom. The minimum Gasteiger partial charge on any atom is -0.456 e. The van der Waals surface area contributed by atoms with Crippen molar-refractivity contribution in [1.29, 1.82) is 0 Å². The smallest absolute Gasteiger partial charge is 0.287 e. The number of amides is 1. The first kappa shape index (κ1) is 12.0. The largest absolute Gasteiger partial charge is 0.456 e. The lowest BCUT2D eigenvalue weighted by Gasteiger charge is -2.24. The minimum absolute atomic E-state index is 0.131. The Kier molecular flexibility index (Phi) is 3.11. The molecule has 2 aromatic rings. The van der Waals surface area contributed by atoms with Crippen LogP contribution in [0.25, 0.3) is 0 Å². The molecule has 0 bridgehead atoms. The number of carbonyl (C=O) groups excluding carboxylic acids is 1. The predicted octanol–water partition coefficient (Wildman–Crippen LogP) is 1.78. The van der Waals surface area contributed by atoms with Crippen molar-refractivity contribution in [1.82, 2.24) is 14.9 Å². The summed E-state index contributed by atoms with van der Waals surface area (Å²) in [6, 6.07) is 3.73. The van der Waals surface area contributed by atoms with E-state index in [-0.39, 0.29) is 11.9 Å². The number of aromatic nitrogens is 2. The maximum absolute atomic E-state index is 12.1. The molecule has 0 saturated carbocycles. The molecule has 0 unspecified atom stereocenters. The molecule has 3 heterocycles. The van der Waals surface area contributed by atoms with Crippen molar-refractivity contribution in [3.63, 3.8) is 0 Å². The molecular formula is C14H17N3O2. The topological polar surface area (TPSA) is 60.1 Å². The average molecular weight is 259 g/mol. The van der Waals surface area contributed by atoms with E-state index in [0.717, 1.165) is 37.4 Å². The van der Waals surface area contributed by atoms with Crippen LogP contribution in [-0.2, 0) is 19.4 Å². The van der Waals surface area contributed by atoms with E-state index >= 15 is 0 Å². The summed E-state index contributed by atoms with van der Waals surface area (Å²) in [6.45, 7) is 2.78. The molecule has 1 N–H and O–H groups in total. The van der Waals surface area contributed by atoms with Crippen LogP contribution in [0.4, 0.5) is 0 Å². The standard InChI is InChI=1S/C14H17N3O2/c1-2-11-4-5-12(19-11)14(18)16-10-3-6-13-15-7-8-17(13)9-10/h4-5,7-8,10H,2-3,6,9H2,1H3,(H,16,18)/t10-/m1/s1. The number of furan rings is 1. The fraction of sp³-hybridized carbons (Fsp3) is 0.429. The SMILES string of the molecule is CCc1ccc(C(=O)N[C@@H]2CCc3nccn3C2)o1. The van der Waals surface area contributed by atoms with Crippen molar-refractivity contribution in [2.45, 2.75) is 38.8 Å². The van der Waals surface area contributed by atoms with Crippen molar-refractivity contribution >= 4 is 5.91 Å². The van der Waals surface area contributed by atoms with E-state index in [1.54, 1.807) is 12.3 Å². The zero-order valence-corrected chi connectivity index (χ0v) is 10.9. The summed E-state index contributed by atoms with van der Waals surface area (Å²) in [4.78, 5) is 16.3. The molecule has 0 aliphatic carbocycles. The Bertz CT molecular complexity index is 585. The zero-order chi connectivity index (χ0) is 13.2. The summed E-state index contributed by atoms with van der Waals surface area (Å²) >= 11 is 0. The zero-order valence-electron chi connectivity index (χ0n) is 10.9. The van der Waals surface area contributed by atoms with Gasteiger partial charge >= 0.3 is 0 Å². The number of fused-ring (bicyclic) bond motifs is 1. The van der Waals surface area contributed by atoms with Gasteiger partial charge in [-0.1, -0.05) is 6.92 Å². The molecule has 2 aromatic heterocycles. The van der Waals surface area contributed by atoms with Gasteiger partial charge < -0.3 is 14.3 Å². The molecule has 0 aromatic carbocycles. The van der Waals surface area contributed by atoms with E-state index in [0.29, 0.717) is 5.76 Å². The number of imidazole rings is 1. The molecule has 0 spiro atoms. The highest BCUT2D eigenvalue weighted by Crippen LogP contribution is 2.14. The highest BCUT2D eigenvalue weighted by molar-refractivity contribution is 5.91. The lowest BCUT2D eigenvalue weighted by molar-refractivity contribution is 0.0897. The normalized spacial score (nSPS) is 18.1. The Morgan fingerprint density at radius 1 is 1.58 bits per heavy atom. The predicted molar refractivity (Wildman–Crippen MR) is 69.9 cm³/mol. The van der Waals surface area contributed by atoms with Crippen LogP contribution in [0.15, 0.2) is 28.9 Å². The third kappa shape index (κ3) is 2.41. The fourth-order valence-corrected chi connectivity index (χ4v) is 2.43. The Labute approximate surface area is 111 Å². The van der Waals surface area contributed by atoms with Gasteiger partial charge in [0, 0.05) is 37.8 Å². The van der Waals surface area contributed by atoms with Crippen LogP contribution in [-0.4, -0.2) is 21.5 Å². The molecule has 1 atom stereocenters. The van der Waals surface area contributed by atoms with Gasteiger partial charge in [0.05, 0.1) is 0 Å². The van der Waals surface area contributed by atoms with E-state index < -0.39 is 0 Å². The number of nitrogens with zero attached hydrogens (tertiary/aromatic N) is 2. The van der Waals surface area contributed by atoms with Crippen LogP contribution in [0.2, 0.25) is 0 Å². The fourth-order valence-electron chi connectivity index (χ4n) is 2.43. The summed E-state index contributed by atoms with van der Waals surface area (Å²) in [5.74, 6) is 2.20. The lowest BCUT2D eigenvalue weighted by atomic mass is 10.1. The van der Waals surface area contributed by atoms with E-state index in [1.807, 2.05) is 19.2 Å².